The molecule has 1 aromatic carbocycles. The summed E-state index contributed by atoms with van der Waals surface area (Å²) in [5.41, 5.74) is 1.71. The van der Waals surface area contributed by atoms with Crippen LogP contribution in [0.2, 0.25) is 0 Å². The maximum absolute atomic E-state index is 11.6. The van der Waals surface area contributed by atoms with Crippen molar-refractivity contribution in [1.82, 2.24) is 0 Å². The normalized spacial score (nSPS) is 25.6. The van der Waals surface area contributed by atoms with Gasteiger partial charge in [-0.1, -0.05) is 52.3 Å². The maximum Gasteiger partial charge on any atom is 0.334 e. The number of halogens is 1. The summed E-state index contributed by atoms with van der Waals surface area (Å²) in [6.45, 7) is 1.78. The van der Waals surface area contributed by atoms with E-state index in [9.17, 15) is 4.79 Å². The van der Waals surface area contributed by atoms with Gasteiger partial charge in [0.15, 0.2) is 0 Å². The Morgan fingerprint density at radius 1 is 1.31 bits per heavy atom. The first kappa shape index (κ1) is 11.4. The van der Waals surface area contributed by atoms with Crippen molar-refractivity contribution in [3.05, 3.63) is 47.5 Å². The summed E-state index contributed by atoms with van der Waals surface area (Å²) in [5.74, 6) is -0.226. The minimum atomic E-state index is -0.226. The van der Waals surface area contributed by atoms with Crippen molar-refractivity contribution in [2.45, 2.75) is 24.3 Å². The molecule has 16 heavy (non-hydrogen) atoms. The standard InChI is InChI=1S/C13H13BrO2/c1-9-7-11(14)8-12(16-13(9)15)10-5-3-2-4-6-10/h2-7,11-12H,8H2,1H3. The van der Waals surface area contributed by atoms with Crippen molar-refractivity contribution >= 4 is 21.9 Å². The highest BCUT2D eigenvalue weighted by atomic mass is 79.9. The third-order valence-corrected chi connectivity index (χ3v) is 3.25. The molecule has 2 nitrogen and oxygen atoms in total. The minimum Gasteiger partial charge on any atom is -0.454 e. The average molecular weight is 281 g/mol. The molecule has 1 heterocycles. The fourth-order valence-electron chi connectivity index (χ4n) is 1.75. The monoisotopic (exact) mass is 280 g/mol. The molecule has 0 radical (unpaired) electrons. The van der Waals surface area contributed by atoms with E-state index in [-0.39, 0.29) is 16.9 Å². The second-order valence-corrected chi connectivity index (χ2v) is 5.08. The molecule has 3 heteroatoms. The summed E-state index contributed by atoms with van der Waals surface area (Å²) in [4.78, 5) is 11.8. The zero-order valence-electron chi connectivity index (χ0n) is 9.02. The molecular formula is C13H13BrO2. The van der Waals surface area contributed by atoms with Gasteiger partial charge < -0.3 is 4.74 Å². The Hall–Kier alpha value is -1.09. The van der Waals surface area contributed by atoms with Crippen LogP contribution in [0.15, 0.2) is 42.0 Å². The predicted molar refractivity (Wildman–Crippen MR) is 66.4 cm³/mol. The average Bonchev–Trinajstić information content (AvgIpc) is 2.40. The number of cyclic esters (lactones) is 1. The van der Waals surface area contributed by atoms with Crippen LogP contribution in [0.25, 0.3) is 0 Å². The number of hydrogen-bond donors (Lipinski definition) is 0. The van der Waals surface area contributed by atoms with Crippen molar-refractivity contribution in [2.24, 2.45) is 0 Å². The molecule has 0 aromatic heterocycles. The van der Waals surface area contributed by atoms with E-state index in [1.165, 1.54) is 0 Å². The Morgan fingerprint density at radius 2 is 2.00 bits per heavy atom. The van der Waals surface area contributed by atoms with Crippen LogP contribution in [0.3, 0.4) is 0 Å². The van der Waals surface area contributed by atoms with Crippen molar-refractivity contribution in [3.8, 4) is 0 Å². The van der Waals surface area contributed by atoms with Crippen LogP contribution in [0.4, 0.5) is 0 Å². The second kappa shape index (κ2) is 4.83. The van der Waals surface area contributed by atoms with Gasteiger partial charge in [0.25, 0.3) is 0 Å². The van der Waals surface area contributed by atoms with Gasteiger partial charge in [0.2, 0.25) is 0 Å². The highest BCUT2D eigenvalue weighted by Crippen LogP contribution is 2.30. The molecular weight excluding hydrogens is 268 g/mol. The Balaban J connectivity index is 2.23. The number of benzene rings is 1. The lowest BCUT2D eigenvalue weighted by Gasteiger charge is -2.16. The van der Waals surface area contributed by atoms with E-state index in [0.717, 1.165) is 12.0 Å². The Kier molecular flexibility index (Phi) is 3.44. The van der Waals surface area contributed by atoms with Crippen LogP contribution in [0.1, 0.15) is 25.0 Å². The third kappa shape index (κ3) is 2.53. The number of esters is 1. The van der Waals surface area contributed by atoms with Crippen LogP contribution >= 0.6 is 15.9 Å². The van der Waals surface area contributed by atoms with Crippen molar-refractivity contribution < 1.29 is 9.53 Å². The van der Waals surface area contributed by atoms with Crippen molar-refractivity contribution in [1.29, 1.82) is 0 Å². The Bertz CT molecular complexity index is 411. The first-order valence-electron chi connectivity index (χ1n) is 5.25. The van der Waals surface area contributed by atoms with E-state index in [2.05, 4.69) is 15.9 Å². The molecule has 0 aliphatic carbocycles. The lowest BCUT2D eigenvalue weighted by atomic mass is 10.1. The Labute approximate surface area is 103 Å². The SMILES string of the molecule is CC1=CC(Br)CC(c2ccccc2)OC1=O. The zero-order valence-corrected chi connectivity index (χ0v) is 10.6. The molecule has 0 saturated carbocycles. The fourth-order valence-corrected chi connectivity index (χ4v) is 2.49. The van der Waals surface area contributed by atoms with Crippen LogP contribution in [0.5, 0.6) is 0 Å². The quantitative estimate of drug-likeness (QED) is 0.582. The van der Waals surface area contributed by atoms with E-state index < -0.39 is 0 Å². The van der Waals surface area contributed by atoms with Crippen LogP contribution in [0, 0.1) is 0 Å². The van der Waals surface area contributed by atoms with Gasteiger partial charge in [0.1, 0.15) is 6.10 Å². The van der Waals surface area contributed by atoms with Gasteiger partial charge in [-0.3, -0.25) is 0 Å². The molecule has 0 spiro atoms. The van der Waals surface area contributed by atoms with Crippen molar-refractivity contribution in [2.75, 3.05) is 0 Å². The summed E-state index contributed by atoms with van der Waals surface area (Å²) >= 11 is 3.54. The molecule has 2 rings (SSSR count). The summed E-state index contributed by atoms with van der Waals surface area (Å²) in [5, 5.41) is 0. The zero-order chi connectivity index (χ0) is 11.5. The minimum absolute atomic E-state index is 0.160. The summed E-state index contributed by atoms with van der Waals surface area (Å²) < 4.78 is 5.44. The lowest BCUT2D eigenvalue weighted by molar-refractivity contribution is -0.144. The van der Waals surface area contributed by atoms with E-state index in [1.54, 1.807) is 6.92 Å². The number of carbonyl (C=O) groups excluding carboxylic acids is 1. The Morgan fingerprint density at radius 3 is 2.69 bits per heavy atom. The van der Waals surface area contributed by atoms with Gasteiger partial charge in [-0.15, -0.1) is 0 Å². The molecule has 1 aliphatic rings. The maximum atomic E-state index is 11.6. The summed E-state index contributed by atoms with van der Waals surface area (Å²) in [6, 6.07) is 9.84. The highest BCUT2D eigenvalue weighted by molar-refractivity contribution is 9.09. The molecule has 1 aliphatic heterocycles. The molecule has 84 valence electrons. The lowest BCUT2D eigenvalue weighted by Crippen LogP contribution is -2.10. The van der Waals surface area contributed by atoms with E-state index in [4.69, 9.17) is 4.74 Å². The summed E-state index contributed by atoms with van der Waals surface area (Å²) in [7, 11) is 0. The van der Waals surface area contributed by atoms with Gasteiger partial charge in [0.05, 0.1) is 0 Å². The van der Waals surface area contributed by atoms with Gasteiger partial charge in [-0.05, 0) is 12.5 Å². The molecule has 0 N–H and O–H groups in total. The molecule has 0 fully saturated rings. The smallest absolute Gasteiger partial charge is 0.334 e. The van der Waals surface area contributed by atoms with Gasteiger partial charge in [-0.2, -0.15) is 0 Å². The number of carbonyl (C=O) groups is 1. The van der Waals surface area contributed by atoms with Crippen LogP contribution in [-0.2, 0) is 9.53 Å². The highest BCUT2D eigenvalue weighted by Gasteiger charge is 2.24. The molecule has 2 atom stereocenters. The second-order valence-electron chi connectivity index (χ2n) is 3.91. The largest absolute Gasteiger partial charge is 0.454 e. The summed E-state index contributed by atoms with van der Waals surface area (Å²) in [6.07, 6.45) is 2.52. The first-order valence-corrected chi connectivity index (χ1v) is 6.17. The van der Waals surface area contributed by atoms with Gasteiger partial charge in [-0.25, -0.2) is 4.79 Å². The van der Waals surface area contributed by atoms with E-state index >= 15 is 0 Å². The number of allylic oxidation sites excluding steroid dienone is 1. The molecule has 0 bridgehead atoms. The number of ether oxygens (including phenoxy) is 1. The molecule has 0 saturated heterocycles. The topological polar surface area (TPSA) is 26.3 Å². The number of hydrogen-bond acceptors (Lipinski definition) is 2. The van der Waals surface area contributed by atoms with Gasteiger partial charge >= 0.3 is 5.97 Å². The van der Waals surface area contributed by atoms with E-state index in [0.29, 0.717) is 5.57 Å². The van der Waals surface area contributed by atoms with Gasteiger partial charge in [0, 0.05) is 16.8 Å². The molecule has 0 amide bonds. The first-order chi connectivity index (χ1) is 7.66. The third-order valence-electron chi connectivity index (χ3n) is 2.61. The van der Waals surface area contributed by atoms with Crippen LogP contribution in [-0.4, -0.2) is 10.8 Å². The van der Waals surface area contributed by atoms with Crippen LogP contribution < -0.4 is 0 Å². The molecule has 2 unspecified atom stereocenters. The van der Waals surface area contributed by atoms with Crippen molar-refractivity contribution in [3.63, 3.8) is 0 Å². The number of rotatable bonds is 1. The number of alkyl halides is 1. The predicted octanol–water partition coefficient (Wildman–Crippen LogP) is 3.38. The molecule has 1 aromatic rings. The fraction of sp³-hybridized carbons (Fsp3) is 0.308. The van der Waals surface area contributed by atoms with E-state index in [1.807, 2.05) is 36.4 Å².